The van der Waals surface area contributed by atoms with Gasteiger partial charge in [0.05, 0.1) is 13.2 Å². The predicted molar refractivity (Wildman–Crippen MR) is 73.6 cm³/mol. The molecule has 5 heteroatoms. The van der Waals surface area contributed by atoms with Crippen LogP contribution in [-0.4, -0.2) is 30.0 Å². The number of carbonyl (C=O) groups excluding carboxylic acids is 2. The minimum absolute atomic E-state index is 0.220. The van der Waals surface area contributed by atoms with Gasteiger partial charge >= 0.3 is 11.9 Å². The largest absolute Gasteiger partial charge is 0.465 e. The van der Waals surface area contributed by atoms with Gasteiger partial charge in [-0.25, -0.2) is 0 Å². The average Bonchev–Trinajstić information content (AvgIpc) is 2.30. The second-order valence-electron chi connectivity index (χ2n) is 3.99. The second-order valence-corrected chi connectivity index (χ2v) is 5.17. The van der Waals surface area contributed by atoms with E-state index >= 15 is 0 Å². The summed E-state index contributed by atoms with van der Waals surface area (Å²) in [5, 5.41) is 0. The van der Waals surface area contributed by atoms with Gasteiger partial charge < -0.3 is 9.47 Å². The summed E-state index contributed by atoms with van der Waals surface area (Å²) in [6.07, 6.45) is 3.92. The molecular formula is C13H23BrO4. The van der Waals surface area contributed by atoms with E-state index in [9.17, 15) is 9.59 Å². The summed E-state index contributed by atoms with van der Waals surface area (Å²) in [5.74, 6) is -1.87. The van der Waals surface area contributed by atoms with Gasteiger partial charge in [-0.3, -0.25) is 9.59 Å². The van der Waals surface area contributed by atoms with Gasteiger partial charge in [-0.05, 0) is 20.3 Å². The number of hydrogen-bond donors (Lipinski definition) is 0. The van der Waals surface area contributed by atoms with Crippen molar-refractivity contribution in [2.24, 2.45) is 5.92 Å². The van der Waals surface area contributed by atoms with Gasteiger partial charge in [0.25, 0.3) is 0 Å². The zero-order chi connectivity index (χ0) is 14.0. The lowest BCUT2D eigenvalue weighted by Crippen LogP contribution is -2.35. The summed E-state index contributed by atoms with van der Waals surface area (Å²) < 4.78 is 9.86. The highest BCUT2D eigenvalue weighted by Gasteiger charge is 2.35. The summed E-state index contributed by atoms with van der Waals surface area (Å²) in [7, 11) is 0. The summed E-state index contributed by atoms with van der Waals surface area (Å²) in [6.45, 7) is 6.09. The lowest BCUT2D eigenvalue weighted by atomic mass is 10.0. The van der Waals surface area contributed by atoms with Gasteiger partial charge in [0.2, 0.25) is 0 Å². The fourth-order valence-electron chi connectivity index (χ4n) is 1.61. The maximum Gasteiger partial charge on any atom is 0.321 e. The van der Waals surface area contributed by atoms with Crippen LogP contribution in [0.15, 0.2) is 0 Å². The summed E-state index contributed by atoms with van der Waals surface area (Å²) in [6, 6.07) is 0. The van der Waals surface area contributed by atoms with E-state index in [1.165, 1.54) is 0 Å². The molecular weight excluding hydrogens is 300 g/mol. The van der Waals surface area contributed by atoms with Crippen molar-refractivity contribution in [2.75, 3.05) is 13.2 Å². The van der Waals surface area contributed by atoms with Crippen molar-refractivity contribution >= 4 is 27.9 Å². The number of ether oxygens (including phenoxy) is 2. The van der Waals surface area contributed by atoms with Gasteiger partial charge in [0, 0.05) is 4.83 Å². The highest BCUT2D eigenvalue weighted by Crippen LogP contribution is 2.23. The van der Waals surface area contributed by atoms with E-state index in [1.807, 2.05) is 0 Å². The monoisotopic (exact) mass is 322 g/mol. The van der Waals surface area contributed by atoms with Crippen LogP contribution in [0.25, 0.3) is 0 Å². The van der Waals surface area contributed by atoms with E-state index < -0.39 is 17.9 Å². The molecule has 0 N–H and O–H groups in total. The molecule has 0 aliphatic carbocycles. The van der Waals surface area contributed by atoms with Crippen LogP contribution in [0.5, 0.6) is 0 Å². The van der Waals surface area contributed by atoms with Crippen molar-refractivity contribution in [3.8, 4) is 0 Å². The van der Waals surface area contributed by atoms with Crippen molar-refractivity contribution in [3.63, 3.8) is 0 Å². The average molecular weight is 323 g/mol. The highest BCUT2D eigenvalue weighted by atomic mass is 79.9. The molecule has 0 aliphatic rings. The van der Waals surface area contributed by atoms with Gasteiger partial charge in [0.1, 0.15) is 0 Å². The van der Waals surface area contributed by atoms with Gasteiger partial charge in [-0.15, -0.1) is 0 Å². The highest BCUT2D eigenvalue weighted by molar-refractivity contribution is 9.09. The van der Waals surface area contributed by atoms with Crippen LogP contribution in [0.3, 0.4) is 0 Å². The zero-order valence-corrected chi connectivity index (χ0v) is 13.0. The van der Waals surface area contributed by atoms with Crippen molar-refractivity contribution in [1.29, 1.82) is 0 Å². The fourth-order valence-corrected chi connectivity index (χ4v) is 2.37. The van der Waals surface area contributed by atoms with Crippen LogP contribution < -0.4 is 0 Å². The Morgan fingerprint density at radius 1 is 1.00 bits per heavy atom. The third-order valence-corrected chi connectivity index (χ3v) is 3.51. The van der Waals surface area contributed by atoms with E-state index in [-0.39, 0.29) is 18.0 Å². The lowest BCUT2D eigenvalue weighted by molar-refractivity contribution is -0.161. The first-order valence-electron chi connectivity index (χ1n) is 6.55. The van der Waals surface area contributed by atoms with Gasteiger partial charge in [-0.2, -0.15) is 0 Å². The molecule has 1 unspecified atom stereocenters. The van der Waals surface area contributed by atoms with Crippen molar-refractivity contribution in [1.82, 2.24) is 0 Å². The molecule has 0 saturated heterocycles. The third-order valence-electron chi connectivity index (χ3n) is 2.53. The third kappa shape index (κ3) is 6.38. The first kappa shape index (κ1) is 17.4. The van der Waals surface area contributed by atoms with E-state index in [4.69, 9.17) is 9.47 Å². The van der Waals surface area contributed by atoms with E-state index in [2.05, 4.69) is 22.9 Å². The number of alkyl halides is 1. The van der Waals surface area contributed by atoms with Gasteiger partial charge in [0.15, 0.2) is 5.92 Å². The quantitative estimate of drug-likeness (QED) is 0.283. The molecule has 1 atom stereocenters. The number of unbranched alkanes of at least 4 members (excludes halogenated alkanes) is 2. The molecule has 0 radical (unpaired) electrons. The summed E-state index contributed by atoms with van der Waals surface area (Å²) in [4.78, 5) is 23.3. The fraction of sp³-hybridized carbons (Fsp3) is 0.846. The first-order chi connectivity index (χ1) is 8.58. The SMILES string of the molecule is CCCCCC(Br)C(C(=O)OCC)C(=O)OCC. The number of halogens is 1. The smallest absolute Gasteiger partial charge is 0.321 e. The van der Waals surface area contributed by atoms with Crippen molar-refractivity contribution in [2.45, 2.75) is 51.3 Å². The van der Waals surface area contributed by atoms with Crippen LogP contribution in [0, 0.1) is 5.92 Å². The Morgan fingerprint density at radius 3 is 1.89 bits per heavy atom. The second kappa shape index (κ2) is 10.4. The van der Waals surface area contributed by atoms with Crippen molar-refractivity contribution < 1.29 is 19.1 Å². The Kier molecular flexibility index (Phi) is 10.0. The topological polar surface area (TPSA) is 52.6 Å². The molecule has 0 rings (SSSR count). The molecule has 0 saturated carbocycles. The Labute approximate surface area is 118 Å². The van der Waals surface area contributed by atoms with Crippen LogP contribution in [0.2, 0.25) is 0 Å². The van der Waals surface area contributed by atoms with E-state index in [1.54, 1.807) is 13.8 Å². The number of hydrogen-bond acceptors (Lipinski definition) is 4. The Hall–Kier alpha value is -0.580. The molecule has 18 heavy (non-hydrogen) atoms. The zero-order valence-electron chi connectivity index (χ0n) is 11.4. The lowest BCUT2D eigenvalue weighted by Gasteiger charge is -2.19. The first-order valence-corrected chi connectivity index (χ1v) is 7.47. The van der Waals surface area contributed by atoms with Crippen LogP contribution >= 0.6 is 15.9 Å². The summed E-state index contributed by atoms with van der Waals surface area (Å²) in [5.41, 5.74) is 0. The summed E-state index contributed by atoms with van der Waals surface area (Å²) >= 11 is 3.41. The number of rotatable bonds is 9. The van der Waals surface area contributed by atoms with Crippen molar-refractivity contribution in [3.05, 3.63) is 0 Å². The Bertz CT molecular complexity index is 237. The minimum Gasteiger partial charge on any atom is -0.465 e. The Balaban J connectivity index is 4.53. The van der Waals surface area contributed by atoms with Crippen LogP contribution in [0.4, 0.5) is 0 Å². The standard InChI is InChI=1S/C13H23BrO4/c1-4-7-8-9-10(14)11(12(15)17-5-2)13(16)18-6-3/h10-11H,4-9H2,1-3H3. The molecule has 0 aliphatic heterocycles. The molecule has 0 aromatic rings. The number of esters is 2. The molecule has 0 aromatic heterocycles. The molecule has 0 spiro atoms. The van der Waals surface area contributed by atoms with Gasteiger partial charge in [-0.1, -0.05) is 42.1 Å². The maximum absolute atomic E-state index is 11.8. The molecule has 0 heterocycles. The maximum atomic E-state index is 11.8. The minimum atomic E-state index is -0.859. The Morgan fingerprint density at radius 2 is 1.50 bits per heavy atom. The van der Waals surface area contributed by atoms with E-state index in [0.717, 1.165) is 25.7 Å². The molecule has 0 amide bonds. The van der Waals surface area contributed by atoms with E-state index in [0.29, 0.717) is 0 Å². The van der Waals surface area contributed by atoms with Crippen LogP contribution in [-0.2, 0) is 19.1 Å². The predicted octanol–water partition coefficient (Wildman–Crippen LogP) is 3.07. The molecule has 0 bridgehead atoms. The molecule has 0 fully saturated rings. The van der Waals surface area contributed by atoms with Crippen LogP contribution in [0.1, 0.15) is 46.5 Å². The number of carbonyl (C=O) groups is 2. The molecule has 0 aromatic carbocycles. The molecule has 106 valence electrons. The normalized spacial score (nSPS) is 12.3. The molecule has 4 nitrogen and oxygen atoms in total.